The zero-order valence-electron chi connectivity index (χ0n) is 12.2. The Labute approximate surface area is 125 Å². The quantitative estimate of drug-likeness (QED) is 0.550. The summed E-state index contributed by atoms with van der Waals surface area (Å²) in [5.74, 6) is 1.29. The molecule has 112 valence electrons. The lowest BCUT2D eigenvalue weighted by Gasteiger charge is -2.13. The molecule has 2 heterocycles. The number of benzene rings is 2. The van der Waals surface area contributed by atoms with Crippen molar-refractivity contribution in [2.45, 2.75) is 19.8 Å². The molecular formula is C17H14O5. The van der Waals surface area contributed by atoms with Crippen LogP contribution in [0, 0.1) is 0 Å². The summed E-state index contributed by atoms with van der Waals surface area (Å²) < 4.78 is 16.4. The third-order valence-electron chi connectivity index (χ3n) is 3.97. The highest BCUT2D eigenvalue weighted by Gasteiger charge is 2.23. The van der Waals surface area contributed by atoms with Crippen molar-refractivity contribution in [2.75, 3.05) is 6.79 Å². The maximum atomic E-state index is 12.3. The number of phenols is 1. The van der Waals surface area contributed by atoms with Crippen LogP contribution < -0.4 is 15.1 Å². The number of rotatable bonds is 1. The molecule has 0 bridgehead atoms. The molecule has 4 rings (SSSR count). The fraction of sp³-hybridized carbons (Fsp3) is 0.235. The highest BCUT2D eigenvalue weighted by molar-refractivity contribution is 6.10. The summed E-state index contributed by atoms with van der Waals surface area (Å²) in [7, 11) is 0. The molecule has 0 unspecified atom stereocenters. The van der Waals surface area contributed by atoms with Crippen molar-refractivity contribution in [1.29, 1.82) is 0 Å². The van der Waals surface area contributed by atoms with Gasteiger partial charge in [0.25, 0.3) is 0 Å². The van der Waals surface area contributed by atoms with E-state index in [2.05, 4.69) is 0 Å². The molecule has 0 atom stereocenters. The van der Waals surface area contributed by atoms with Crippen molar-refractivity contribution in [2.24, 2.45) is 0 Å². The SMILES string of the molecule is CC(C)c1c(O)ccc2c1oc(=O)c1ccc3c(c12)OCO3. The average Bonchev–Trinajstić information content (AvgIpc) is 2.94. The van der Waals surface area contributed by atoms with E-state index in [1.54, 1.807) is 24.3 Å². The average molecular weight is 298 g/mol. The summed E-state index contributed by atoms with van der Waals surface area (Å²) in [5, 5.41) is 12.0. The van der Waals surface area contributed by atoms with E-state index in [-0.39, 0.29) is 18.5 Å². The second kappa shape index (κ2) is 4.40. The van der Waals surface area contributed by atoms with E-state index >= 15 is 0 Å². The van der Waals surface area contributed by atoms with Gasteiger partial charge in [0.2, 0.25) is 6.79 Å². The molecule has 2 aromatic carbocycles. The number of hydrogen-bond donors (Lipinski definition) is 1. The van der Waals surface area contributed by atoms with Gasteiger partial charge in [-0.1, -0.05) is 13.8 Å². The summed E-state index contributed by atoms with van der Waals surface area (Å²) in [4.78, 5) is 12.3. The summed E-state index contributed by atoms with van der Waals surface area (Å²) >= 11 is 0. The topological polar surface area (TPSA) is 68.9 Å². The molecule has 22 heavy (non-hydrogen) atoms. The maximum absolute atomic E-state index is 12.3. The molecule has 5 nitrogen and oxygen atoms in total. The van der Waals surface area contributed by atoms with Crippen LogP contribution >= 0.6 is 0 Å². The van der Waals surface area contributed by atoms with Gasteiger partial charge in [0.1, 0.15) is 11.3 Å². The van der Waals surface area contributed by atoms with E-state index < -0.39 is 5.63 Å². The lowest BCUT2D eigenvalue weighted by molar-refractivity contribution is 0.175. The van der Waals surface area contributed by atoms with Crippen LogP contribution in [0.15, 0.2) is 33.5 Å². The Kier molecular flexibility index (Phi) is 2.60. The molecule has 3 aromatic rings. The molecule has 1 N–H and O–H groups in total. The molecule has 0 saturated heterocycles. The van der Waals surface area contributed by atoms with Gasteiger partial charge < -0.3 is 19.0 Å². The number of ether oxygens (including phenoxy) is 2. The van der Waals surface area contributed by atoms with E-state index in [1.165, 1.54) is 0 Å². The molecular weight excluding hydrogens is 284 g/mol. The Bertz CT molecular complexity index is 968. The van der Waals surface area contributed by atoms with Crippen molar-refractivity contribution in [3.8, 4) is 17.2 Å². The van der Waals surface area contributed by atoms with Crippen LogP contribution in [0.1, 0.15) is 25.3 Å². The molecule has 0 fully saturated rings. The van der Waals surface area contributed by atoms with Gasteiger partial charge in [-0.2, -0.15) is 0 Å². The van der Waals surface area contributed by atoms with E-state index in [0.29, 0.717) is 33.4 Å². The minimum absolute atomic E-state index is 0.0122. The van der Waals surface area contributed by atoms with Crippen molar-refractivity contribution < 1.29 is 19.0 Å². The Balaban J connectivity index is 2.28. The van der Waals surface area contributed by atoms with Crippen molar-refractivity contribution in [3.63, 3.8) is 0 Å². The summed E-state index contributed by atoms with van der Waals surface area (Å²) in [6.45, 7) is 4.01. The molecule has 1 aliphatic heterocycles. The van der Waals surface area contributed by atoms with Crippen LogP contribution in [-0.2, 0) is 0 Å². The first-order chi connectivity index (χ1) is 10.6. The van der Waals surface area contributed by atoms with Gasteiger partial charge >= 0.3 is 5.63 Å². The van der Waals surface area contributed by atoms with Crippen molar-refractivity contribution in [1.82, 2.24) is 0 Å². The zero-order valence-corrected chi connectivity index (χ0v) is 12.2. The lowest BCUT2D eigenvalue weighted by Crippen LogP contribution is -2.03. The molecule has 0 radical (unpaired) electrons. The first-order valence-electron chi connectivity index (χ1n) is 7.09. The first-order valence-corrected chi connectivity index (χ1v) is 7.09. The summed E-state index contributed by atoms with van der Waals surface area (Å²) in [6.07, 6.45) is 0. The molecule has 0 saturated carbocycles. The Morgan fingerprint density at radius 2 is 1.86 bits per heavy atom. The van der Waals surface area contributed by atoms with Crippen LogP contribution in [0.2, 0.25) is 0 Å². The van der Waals surface area contributed by atoms with Gasteiger partial charge in [0.05, 0.1) is 5.39 Å². The van der Waals surface area contributed by atoms with E-state index in [0.717, 1.165) is 5.39 Å². The molecule has 5 heteroatoms. The molecule has 1 aliphatic rings. The summed E-state index contributed by atoms with van der Waals surface area (Å²) in [5.41, 5.74) is 0.567. The molecule has 1 aromatic heterocycles. The van der Waals surface area contributed by atoms with Crippen molar-refractivity contribution >= 4 is 21.7 Å². The smallest absolute Gasteiger partial charge is 0.344 e. The first kappa shape index (κ1) is 13.0. The van der Waals surface area contributed by atoms with Gasteiger partial charge in [-0.05, 0) is 30.2 Å². The highest BCUT2D eigenvalue weighted by Crippen LogP contribution is 2.43. The Morgan fingerprint density at radius 3 is 2.64 bits per heavy atom. The number of hydrogen-bond acceptors (Lipinski definition) is 5. The second-order valence-electron chi connectivity index (χ2n) is 5.64. The predicted octanol–water partition coefficient (Wildman–Crippen LogP) is 3.50. The van der Waals surface area contributed by atoms with E-state index in [9.17, 15) is 9.90 Å². The van der Waals surface area contributed by atoms with E-state index in [1.807, 2.05) is 13.8 Å². The molecule has 0 spiro atoms. The minimum atomic E-state index is -0.451. The minimum Gasteiger partial charge on any atom is -0.508 e. The van der Waals surface area contributed by atoms with Gasteiger partial charge in [-0.25, -0.2) is 4.79 Å². The van der Waals surface area contributed by atoms with E-state index in [4.69, 9.17) is 13.9 Å². The standard InChI is InChI=1S/C17H14O5/c1-8(2)13-11(18)5-3-9-14-10(17(19)22-15(9)13)4-6-12-16(14)21-7-20-12/h3-6,8,18H,7H2,1-2H3. The summed E-state index contributed by atoms with van der Waals surface area (Å²) in [6, 6.07) is 6.74. The molecule has 0 aliphatic carbocycles. The fourth-order valence-corrected chi connectivity index (χ4v) is 3.01. The predicted molar refractivity (Wildman–Crippen MR) is 81.9 cm³/mol. The zero-order chi connectivity index (χ0) is 15.4. The Morgan fingerprint density at radius 1 is 1.09 bits per heavy atom. The lowest BCUT2D eigenvalue weighted by atomic mass is 9.97. The highest BCUT2D eigenvalue weighted by atomic mass is 16.7. The van der Waals surface area contributed by atoms with Crippen LogP contribution in [0.4, 0.5) is 0 Å². The largest absolute Gasteiger partial charge is 0.508 e. The van der Waals surface area contributed by atoms with Gasteiger partial charge in [-0.15, -0.1) is 0 Å². The molecule has 0 amide bonds. The van der Waals surface area contributed by atoms with Gasteiger partial charge in [-0.3, -0.25) is 0 Å². The normalized spacial score (nSPS) is 13.4. The van der Waals surface area contributed by atoms with Crippen LogP contribution in [0.3, 0.4) is 0 Å². The Hall–Kier alpha value is -2.69. The second-order valence-corrected chi connectivity index (χ2v) is 5.64. The number of aromatic hydroxyl groups is 1. The van der Waals surface area contributed by atoms with Crippen LogP contribution in [0.25, 0.3) is 21.7 Å². The number of phenolic OH excluding ortho intramolecular Hbond substituents is 1. The van der Waals surface area contributed by atoms with Crippen LogP contribution in [0.5, 0.6) is 17.2 Å². The van der Waals surface area contributed by atoms with Crippen LogP contribution in [-0.4, -0.2) is 11.9 Å². The van der Waals surface area contributed by atoms with Crippen molar-refractivity contribution in [3.05, 3.63) is 40.2 Å². The maximum Gasteiger partial charge on any atom is 0.344 e. The third kappa shape index (κ3) is 1.62. The monoisotopic (exact) mass is 298 g/mol. The fourth-order valence-electron chi connectivity index (χ4n) is 3.01. The van der Waals surface area contributed by atoms with Gasteiger partial charge in [0.15, 0.2) is 11.5 Å². The van der Waals surface area contributed by atoms with Gasteiger partial charge in [0, 0.05) is 16.3 Å². The third-order valence-corrected chi connectivity index (χ3v) is 3.97. The number of fused-ring (bicyclic) bond motifs is 5.